The van der Waals surface area contributed by atoms with Crippen molar-refractivity contribution >= 4 is 0 Å². The van der Waals surface area contributed by atoms with E-state index in [4.69, 9.17) is 5.73 Å². The summed E-state index contributed by atoms with van der Waals surface area (Å²) in [4.78, 5) is 6.74. The largest absolute Gasteiger partial charge is 0.337 e. The Bertz CT molecular complexity index is 339. The summed E-state index contributed by atoms with van der Waals surface area (Å²) in [6.07, 6.45) is 8.68. The summed E-state index contributed by atoms with van der Waals surface area (Å²) in [6.45, 7) is 4.35. The van der Waals surface area contributed by atoms with Gasteiger partial charge in [-0.1, -0.05) is 6.92 Å². The molecular weight excluding hydrogens is 212 g/mol. The smallest absolute Gasteiger partial charge is 0.0945 e. The molecule has 1 saturated carbocycles. The maximum atomic E-state index is 5.97. The molecule has 0 saturated heterocycles. The molecule has 1 heterocycles. The highest BCUT2D eigenvalue weighted by atomic mass is 15.2. The molecule has 17 heavy (non-hydrogen) atoms. The molecule has 0 radical (unpaired) electrons. The van der Waals surface area contributed by atoms with Crippen LogP contribution in [0.1, 0.15) is 38.3 Å². The topological polar surface area (TPSA) is 47.1 Å². The third kappa shape index (κ3) is 3.07. The van der Waals surface area contributed by atoms with Gasteiger partial charge >= 0.3 is 0 Å². The zero-order valence-electron chi connectivity index (χ0n) is 11.0. The lowest BCUT2D eigenvalue weighted by Gasteiger charge is -2.35. The van der Waals surface area contributed by atoms with Gasteiger partial charge in [-0.2, -0.15) is 0 Å². The third-order valence-electron chi connectivity index (χ3n) is 3.95. The first-order valence-corrected chi connectivity index (χ1v) is 6.65. The normalized spacial score (nSPS) is 25.4. The number of rotatable bonds is 4. The molecule has 4 heteroatoms. The molecule has 1 fully saturated rings. The number of nitrogens with zero attached hydrogens (tertiary/aromatic N) is 3. The van der Waals surface area contributed by atoms with Crippen molar-refractivity contribution in [1.29, 1.82) is 0 Å². The molecule has 0 spiro atoms. The molecule has 0 bridgehead atoms. The molecule has 0 unspecified atom stereocenters. The fraction of sp³-hybridized carbons (Fsp3) is 0.769. The minimum Gasteiger partial charge on any atom is -0.337 e. The van der Waals surface area contributed by atoms with Crippen molar-refractivity contribution in [3.05, 3.63) is 18.2 Å². The molecule has 2 N–H and O–H groups in total. The maximum Gasteiger partial charge on any atom is 0.0945 e. The van der Waals surface area contributed by atoms with Crippen LogP contribution in [-0.4, -0.2) is 33.1 Å². The van der Waals surface area contributed by atoms with E-state index in [9.17, 15) is 0 Å². The Labute approximate surface area is 104 Å². The highest BCUT2D eigenvalue weighted by molar-refractivity contribution is 4.98. The molecule has 1 aromatic rings. The van der Waals surface area contributed by atoms with E-state index >= 15 is 0 Å². The molecule has 0 aromatic carbocycles. The fourth-order valence-electron chi connectivity index (χ4n) is 2.71. The van der Waals surface area contributed by atoms with Crippen LogP contribution in [0.5, 0.6) is 0 Å². The number of nitrogens with two attached hydrogens (primary N) is 1. The van der Waals surface area contributed by atoms with Crippen molar-refractivity contribution in [1.82, 2.24) is 14.5 Å². The van der Waals surface area contributed by atoms with Gasteiger partial charge in [0.2, 0.25) is 0 Å². The standard InChI is InChI=1S/C13H24N4/c1-3-17(9-13-8-15-10-16(13)2)12-6-4-11(14)5-7-12/h8,10-12H,3-7,9,14H2,1-2H3. The van der Waals surface area contributed by atoms with Crippen LogP contribution < -0.4 is 5.73 Å². The summed E-state index contributed by atoms with van der Waals surface area (Å²) in [6, 6.07) is 1.14. The number of hydrogen-bond acceptors (Lipinski definition) is 3. The molecule has 4 nitrogen and oxygen atoms in total. The van der Waals surface area contributed by atoms with Gasteiger partial charge < -0.3 is 10.3 Å². The molecule has 0 amide bonds. The van der Waals surface area contributed by atoms with Crippen LogP contribution >= 0.6 is 0 Å². The lowest BCUT2D eigenvalue weighted by molar-refractivity contribution is 0.146. The average Bonchev–Trinajstić information content (AvgIpc) is 2.73. The highest BCUT2D eigenvalue weighted by Crippen LogP contribution is 2.23. The monoisotopic (exact) mass is 236 g/mol. The Kier molecular flexibility index (Phi) is 4.18. The van der Waals surface area contributed by atoms with Gasteiger partial charge in [0.25, 0.3) is 0 Å². The average molecular weight is 236 g/mol. The summed E-state index contributed by atoms with van der Waals surface area (Å²) in [5.41, 5.74) is 7.26. The van der Waals surface area contributed by atoms with E-state index in [-0.39, 0.29) is 0 Å². The number of hydrogen-bond donors (Lipinski definition) is 1. The molecule has 1 aromatic heterocycles. The molecule has 96 valence electrons. The minimum atomic E-state index is 0.432. The second kappa shape index (κ2) is 5.65. The lowest BCUT2D eigenvalue weighted by atomic mass is 9.90. The van der Waals surface area contributed by atoms with Crippen LogP contribution in [0.3, 0.4) is 0 Å². The Balaban J connectivity index is 1.95. The van der Waals surface area contributed by atoms with Crippen molar-refractivity contribution in [2.75, 3.05) is 6.54 Å². The second-order valence-corrected chi connectivity index (χ2v) is 5.13. The van der Waals surface area contributed by atoms with Gasteiger partial charge in [-0.3, -0.25) is 4.90 Å². The van der Waals surface area contributed by atoms with Crippen molar-refractivity contribution in [3.8, 4) is 0 Å². The first-order chi connectivity index (χ1) is 8.20. The van der Waals surface area contributed by atoms with E-state index < -0.39 is 0 Å². The van der Waals surface area contributed by atoms with E-state index in [1.165, 1.54) is 31.4 Å². The Morgan fingerprint density at radius 1 is 1.41 bits per heavy atom. The van der Waals surface area contributed by atoms with Crippen LogP contribution in [0.25, 0.3) is 0 Å². The minimum absolute atomic E-state index is 0.432. The van der Waals surface area contributed by atoms with Crippen molar-refractivity contribution < 1.29 is 0 Å². The molecular formula is C13H24N4. The van der Waals surface area contributed by atoms with Crippen molar-refractivity contribution in [2.45, 2.75) is 51.2 Å². The van der Waals surface area contributed by atoms with E-state index in [0.717, 1.165) is 13.1 Å². The Morgan fingerprint density at radius 3 is 2.65 bits per heavy atom. The van der Waals surface area contributed by atoms with Crippen LogP contribution in [-0.2, 0) is 13.6 Å². The summed E-state index contributed by atoms with van der Waals surface area (Å²) in [5.74, 6) is 0. The van der Waals surface area contributed by atoms with Crippen LogP contribution in [0.4, 0.5) is 0 Å². The molecule has 2 rings (SSSR count). The zero-order chi connectivity index (χ0) is 12.3. The number of aryl methyl sites for hydroxylation is 1. The molecule has 0 atom stereocenters. The van der Waals surface area contributed by atoms with Gasteiger partial charge in [0.15, 0.2) is 0 Å². The molecule has 1 aliphatic rings. The van der Waals surface area contributed by atoms with E-state index in [2.05, 4.69) is 28.4 Å². The summed E-state index contributed by atoms with van der Waals surface area (Å²) >= 11 is 0. The Morgan fingerprint density at radius 2 is 2.12 bits per heavy atom. The van der Waals surface area contributed by atoms with E-state index in [1.807, 2.05) is 12.5 Å². The molecule has 1 aliphatic carbocycles. The van der Waals surface area contributed by atoms with Gasteiger partial charge in [0.1, 0.15) is 0 Å². The number of aromatic nitrogens is 2. The summed E-state index contributed by atoms with van der Waals surface area (Å²) in [5, 5.41) is 0. The second-order valence-electron chi connectivity index (χ2n) is 5.13. The quantitative estimate of drug-likeness (QED) is 0.862. The van der Waals surface area contributed by atoms with Crippen molar-refractivity contribution in [2.24, 2.45) is 12.8 Å². The summed E-state index contributed by atoms with van der Waals surface area (Å²) in [7, 11) is 2.06. The molecule has 0 aliphatic heterocycles. The fourth-order valence-corrected chi connectivity index (χ4v) is 2.71. The first kappa shape index (κ1) is 12.6. The van der Waals surface area contributed by atoms with Crippen molar-refractivity contribution in [3.63, 3.8) is 0 Å². The van der Waals surface area contributed by atoms with Gasteiger partial charge in [0, 0.05) is 31.9 Å². The van der Waals surface area contributed by atoms with Crippen LogP contribution in [0.15, 0.2) is 12.5 Å². The lowest BCUT2D eigenvalue weighted by Crippen LogP contribution is -2.40. The highest BCUT2D eigenvalue weighted by Gasteiger charge is 2.23. The SMILES string of the molecule is CCN(Cc1cncn1C)C1CCC(N)CC1. The summed E-state index contributed by atoms with van der Waals surface area (Å²) < 4.78 is 2.11. The number of imidazole rings is 1. The predicted molar refractivity (Wildman–Crippen MR) is 69.5 cm³/mol. The van der Waals surface area contributed by atoms with E-state index in [1.54, 1.807) is 0 Å². The van der Waals surface area contributed by atoms with Gasteiger partial charge in [-0.25, -0.2) is 4.98 Å². The predicted octanol–water partition coefficient (Wildman–Crippen LogP) is 1.51. The zero-order valence-corrected chi connectivity index (χ0v) is 11.0. The van der Waals surface area contributed by atoms with Crippen LogP contribution in [0.2, 0.25) is 0 Å². The first-order valence-electron chi connectivity index (χ1n) is 6.65. The Hall–Kier alpha value is -0.870. The van der Waals surface area contributed by atoms with Crippen LogP contribution in [0, 0.1) is 0 Å². The third-order valence-corrected chi connectivity index (χ3v) is 3.95. The van der Waals surface area contributed by atoms with E-state index in [0.29, 0.717) is 12.1 Å². The van der Waals surface area contributed by atoms with Gasteiger partial charge in [-0.15, -0.1) is 0 Å². The van der Waals surface area contributed by atoms with Gasteiger partial charge in [-0.05, 0) is 32.2 Å². The van der Waals surface area contributed by atoms with Gasteiger partial charge in [0.05, 0.1) is 12.0 Å². The maximum absolute atomic E-state index is 5.97.